The molecule has 2 aliphatic rings. The number of ether oxygens (including phenoxy) is 2. The third kappa shape index (κ3) is 3.47. The molecule has 28 heavy (non-hydrogen) atoms. The first-order chi connectivity index (χ1) is 13.4. The number of carbonyl (C=O) groups excluding carboxylic acids is 1. The van der Waals surface area contributed by atoms with Crippen molar-refractivity contribution in [2.24, 2.45) is 0 Å². The Bertz CT molecular complexity index is 943. The van der Waals surface area contributed by atoms with Crippen molar-refractivity contribution < 1.29 is 14.3 Å². The molecule has 148 valence electrons. The van der Waals surface area contributed by atoms with E-state index in [2.05, 4.69) is 22.1 Å². The summed E-state index contributed by atoms with van der Waals surface area (Å²) in [6, 6.07) is 5.79. The van der Waals surface area contributed by atoms with Gasteiger partial charge in [0, 0.05) is 31.5 Å². The second-order valence-corrected chi connectivity index (χ2v) is 7.66. The van der Waals surface area contributed by atoms with Crippen molar-refractivity contribution in [2.45, 2.75) is 39.4 Å². The first-order valence-corrected chi connectivity index (χ1v) is 9.64. The Morgan fingerprint density at radius 3 is 2.29 bits per heavy atom. The second kappa shape index (κ2) is 7.14. The molecule has 7 heteroatoms. The van der Waals surface area contributed by atoms with Gasteiger partial charge in [-0.25, -0.2) is 4.79 Å². The summed E-state index contributed by atoms with van der Waals surface area (Å²) >= 11 is 0. The van der Waals surface area contributed by atoms with Gasteiger partial charge in [0.05, 0.1) is 18.9 Å². The summed E-state index contributed by atoms with van der Waals surface area (Å²) in [5, 5.41) is 0. The lowest BCUT2D eigenvalue weighted by molar-refractivity contribution is -0.181. The number of aromatic nitrogens is 2. The third-order valence-electron chi connectivity index (χ3n) is 5.53. The van der Waals surface area contributed by atoms with Gasteiger partial charge in [0.2, 0.25) is 0 Å². The molecular formula is C21H25N3O4. The van der Waals surface area contributed by atoms with Crippen LogP contribution in [0.2, 0.25) is 0 Å². The highest BCUT2D eigenvalue weighted by molar-refractivity contribution is 5.93. The quantitative estimate of drug-likeness (QED) is 0.860. The first kappa shape index (κ1) is 18.8. The summed E-state index contributed by atoms with van der Waals surface area (Å²) < 4.78 is 11.4. The second-order valence-electron chi connectivity index (χ2n) is 7.66. The molecule has 0 aliphatic carbocycles. The maximum absolute atomic E-state index is 13.0. The molecule has 2 aromatic rings. The van der Waals surface area contributed by atoms with Crippen LogP contribution >= 0.6 is 0 Å². The minimum absolute atomic E-state index is 0.198. The van der Waals surface area contributed by atoms with Crippen LogP contribution in [0.4, 0.5) is 0 Å². The number of benzene rings is 1. The van der Waals surface area contributed by atoms with E-state index in [0.717, 1.165) is 22.3 Å². The van der Waals surface area contributed by atoms with E-state index in [-0.39, 0.29) is 11.6 Å². The maximum atomic E-state index is 13.0. The molecule has 0 unspecified atom stereocenters. The van der Waals surface area contributed by atoms with Crippen LogP contribution in [0.25, 0.3) is 11.3 Å². The molecule has 1 N–H and O–H groups in total. The fourth-order valence-electron chi connectivity index (χ4n) is 4.29. The van der Waals surface area contributed by atoms with Gasteiger partial charge in [-0.2, -0.15) is 4.98 Å². The Morgan fingerprint density at radius 1 is 1.07 bits per heavy atom. The number of carbonyl (C=O) groups is 1. The van der Waals surface area contributed by atoms with Crippen LogP contribution in [0.3, 0.4) is 0 Å². The van der Waals surface area contributed by atoms with Gasteiger partial charge in [-0.3, -0.25) is 4.79 Å². The molecule has 2 saturated heterocycles. The van der Waals surface area contributed by atoms with E-state index in [0.29, 0.717) is 44.8 Å². The number of nitrogens with one attached hydrogen (secondary N) is 1. The van der Waals surface area contributed by atoms with Gasteiger partial charge in [0.15, 0.2) is 5.79 Å². The maximum Gasteiger partial charge on any atom is 0.346 e. The Hall–Kier alpha value is -2.51. The first-order valence-electron chi connectivity index (χ1n) is 9.64. The Balaban J connectivity index is 1.61. The summed E-state index contributed by atoms with van der Waals surface area (Å²) in [7, 11) is 0. The molecule has 3 heterocycles. The molecule has 1 aromatic heterocycles. The zero-order chi connectivity index (χ0) is 19.9. The molecule has 0 radical (unpaired) electrons. The molecule has 0 saturated carbocycles. The molecule has 0 atom stereocenters. The third-order valence-corrected chi connectivity index (χ3v) is 5.53. The number of aryl methyl sites for hydroxylation is 3. The summed E-state index contributed by atoms with van der Waals surface area (Å²) in [4.78, 5) is 33.7. The number of hydrogen-bond acceptors (Lipinski definition) is 5. The van der Waals surface area contributed by atoms with Crippen LogP contribution < -0.4 is 5.69 Å². The fourth-order valence-corrected chi connectivity index (χ4v) is 4.29. The molecule has 7 nitrogen and oxygen atoms in total. The van der Waals surface area contributed by atoms with Crippen molar-refractivity contribution in [3.63, 3.8) is 0 Å². The van der Waals surface area contributed by atoms with E-state index in [1.165, 1.54) is 0 Å². The van der Waals surface area contributed by atoms with Crippen LogP contribution in [0.5, 0.6) is 0 Å². The van der Waals surface area contributed by atoms with Crippen molar-refractivity contribution >= 4 is 5.91 Å². The van der Waals surface area contributed by atoms with Gasteiger partial charge in [-0.05, 0) is 38.0 Å². The predicted octanol–water partition coefficient (Wildman–Crippen LogP) is 2.34. The predicted molar refractivity (Wildman–Crippen MR) is 104 cm³/mol. The number of H-pyrrole nitrogens is 1. The zero-order valence-corrected chi connectivity index (χ0v) is 16.5. The van der Waals surface area contributed by atoms with Crippen LogP contribution in [-0.2, 0) is 9.47 Å². The Kier molecular flexibility index (Phi) is 4.81. The molecule has 2 fully saturated rings. The van der Waals surface area contributed by atoms with Crippen molar-refractivity contribution in [1.82, 2.24) is 14.9 Å². The summed E-state index contributed by atoms with van der Waals surface area (Å²) in [5.74, 6) is -0.736. The smallest absolute Gasteiger partial charge is 0.346 e. The largest absolute Gasteiger partial charge is 0.347 e. The van der Waals surface area contributed by atoms with Crippen molar-refractivity contribution in [2.75, 3.05) is 26.3 Å². The molecule has 1 amide bonds. The SMILES string of the molecule is Cc1cc(C)c(-c2cc(C(=O)N3CCC4(CC3)OCCO4)[nH]c(=O)n2)c(C)c1. The lowest BCUT2D eigenvalue weighted by Crippen LogP contribution is -2.47. The molecular weight excluding hydrogens is 358 g/mol. The topological polar surface area (TPSA) is 84.5 Å². The molecule has 1 spiro atoms. The number of amides is 1. The van der Waals surface area contributed by atoms with Gasteiger partial charge in [0.25, 0.3) is 5.91 Å². The van der Waals surface area contributed by atoms with Gasteiger partial charge < -0.3 is 19.4 Å². The zero-order valence-electron chi connectivity index (χ0n) is 16.5. The highest BCUT2D eigenvalue weighted by Gasteiger charge is 2.41. The number of rotatable bonds is 2. The van der Waals surface area contributed by atoms with E-state index in [1.54, 1.807) is 11.0 Å². The van der Waals surface area contributed by atoms with E-state index >= 15 is 0 Å². The summed E-state index contributed by atoms with van der Waals surface area (Å²) in [6.45, 7) is 8.28. The van der Waals surface area contributed by atoms with Crippen LogP contribution in [0, 0.1) is 20.8 Å². The van der Waals surface area contributed by atoms with Crippen molar-refractivity contribution in [3.8, 4) is 11.3 Å². The lowest BCUT2D eigenvalue weighted by Gasteiger charge is -2.37. The summed E-state index contributed by atoms with van der Waals surface area (Å²) in [5.41, 5.74) is 4.39. The lowest BCUT2D eigenvalue weighted by atomic mass is 9.96. The van der Waals surface area contributed by atoms with Crippen molar-refractivity contribution in [3.05, 3.63) is 51.1 Å². The van der Waals surface area contributed by atoms with Gasteiger partial charge in [-0.15, -0.1) is 0 Å². The minimum Gasteiger partial charge on any atom is -0.347 e. The molecule has 0 bridgehead atoms. The standard InChI is InChI=1S/C21H25N3O4/c1-13-10-14(2)18(15(3)11-13)16-12-17(23-20(26)22-16)19(25)24-6-4-21(5-7-24)27-8-9-28-21/h10-12H,4-9H2,1-3H3,(H,22,23,26). The Labute approximate surface area is 163 Å². The fraction of sp³-hybridized carbons (Fsp3) is 0.476. The van der Waals surface area contributed by atoms with Gasteiger partial charge in [0.1, 0.15) is 5.69 Å². The van der Waals surface area contributed by atoms with Crippen LogP contribution in [-0.4, -0.2) is 52.9 Å². The van der Waals surface area contributed by atoms with Crippen molar-refractivity contribution in [1.29, 1.82) is 0 Å². The van der Waals surface area contributed by atoms with E-state index in [1.807, 2.05) is 20.8 Å². The van der Waals surface area contributed by atoms with E-state index in [9.17, 15) is 9.59 Å². The number of aromatic amines is 1. The average molecular weight is 383 g/mol. The number of piperidine rings is 1. The van der Waals surface area contributed by atoms with Gasteiger partial charge in [-0.1, -0.05) is 17.7 Å². The molecule has 2 aliphatic heterocycles. The molecule has 4 rings (SSSR count). The summed E-state index contributed by atoms with van der Waals surface area (Å²) in [6.07, 6.45) is 1.27. The monoisotopic (exact) mass is 383 g/mol. The number of hydrogen-bond donors (Lipinski definition) is 1. The van der Waals surface area contributed by atoms with Gasteiger partial charge >= 0.3 is 5.69 Å². The minimum atomic E-state index is -0.538. The number of likely N-dealkylation sites (tertiary alicyclic amines) is 1. The highest BCUT2D eigenvalue weighted by atomic mass is 16.7. The van der Waals surface area contributed by atoms with E-state index < -0.39 is 11.5 Å². The number of nitrogens with zero attached hydrogens (tertiary/aromatic N) is 2. The van der Waals surface area contributed by atoms with E-state index in [4.69, 9.17) is 9.47 Å². The van der Waals surface area contributed by atoms with Crippen LogP contribution in [0.15, 0.2) is 23.0 Å². The normalized spacial score (nSPS) is 18.6. The Morgan fingerprint density at radius 2 is 1.68 bits per heavy atom. The highest BCUT2D eigenvalue weighted by Crippen LogP contribution is 2.32. The average Bonchev–Trinajstić information content (AvgIpc) is 3.08. The molecule has 1 aromatic carbocycles. The van der Waals surface area contributed by atoms with Crippen LogP contribution in [0.1, 0.15) is 40.0 Å².